The summed E-state index contributed by atoms with van der Waals surface area (Å²) in [4.78, 5) is 23.4. The summed E-state index contributed by atoms with van der Waals surface area (Å²) in [7, 11) is 0. The zero-order valence-corrected chi connectivity index (χ0v) is 29.3. The molecule has 1 N–H and O–H groups in total. The molecule has 4 aliphatic rings. The summed E-state index contributed by atoms with van der Waals surface area (Å²) in [5, 5.41) is 3.47. The van der Waals surface area contributed by atoms with E-state index >= 15 is 0 Å². The van der Waals surface area contributed by atoms with Crippen molar-refractivity contribution in [3.63, 3.8) is 0 Å². The van der Waals surface area contributed by atoms with E-state index in [2.05, 4.69) is 73.8 Å². The minimum Gasteiger partial charge on any atom is -0.450 e. The molecule has 1 amide bonds. The molecule has 2 aliphatic heterocycles. The molecule has 6 heteroatoms. The fraction of sp³-hybridized carbons (Fsp3) is 0.372. The number of carbonyl (C=O) groups excluding carboxylic acids is 1. The molecule has 2 aromatic heterocycles. The highest BCUT2D eigenvalue weighted by Crippen LogP contribution is 2.39. The molecule has 2 fully saturated rings. The smallest absolute Gasteiger partial charge is 0.409 e. The quantitative estimate of drug-likeness (QED) is 0.225. The Hall–Kier alpha value is -4.55. The second kappa shape index (κ2) is 14.9. The van der Waals surface area contributed by atoms with Crippen LogP contribution in [0.3, 0.4) is 0 Å². The van der Waals surface area contributed by atoms with Gasteiger partial charge in [0.15, 0.2) is 0 Å². The van der Waals surface area contributed by atoms with Crippen molar-refractivity contribution in [2.45, 2.75) is 72.1 Å². The first-order valence-electron chi connectivity index (χ1n) is 18.1. The number of aromatic nitrogens is 2. The fourth-order valence-electron chi connectivity index (χ4n) is 7.99. The van der Waals surface area contributed by atoms with Crippen LogP contribution in [-0.2, 0) is 30.4 Å². The maximum Gasteiger partial charge on any atom is 0.409 e. The number of nitrogens with zero attached hydrogens (tertiary/aromatic N) is 3. The molecule has 0 saturated carbocycles. The number of rotatable bonds is 1. The minimum absolute atomic E-state index is 0.197. The van der Waals surface area contributed by atoms with Gasteiger partial charge in [-0.15, -0.1) is 0 Å². The first-order chi connectivity index (χ1) is 24.0. The Morgan fingerprint density at radius 1 is 0.673 bits per heavy atom. The van der Waals surface area contributed by atoms with E-state index in [1.165, 1.54) is 66.9 Å². The Morgan fingerprint density at radius 2 is 1.16 bits per heavy atom. The second-order valence-electron chi connectivity index (χ2n) is 13.7. The molecule has 49 heavy (non-hydrogen) atoms. The molecule has 0 radical (unpaired) electrons. The SMILES string of the molecule is CCOC(=O)N1CCC(=C2c3ccc(C)cc3CCc3cccnc32)CC1.Cc1ccc2c(c1)CCc1cccnc1C2=C1CCNCC1. The summed E-state index contributed by atoms with van der Waals surface area (Å²) >= 11 is 0. The number of pyridine rings is 2. The summed E-state index contributed by atoms with van der Waals surface area (Å²) in [5.41, 5.74) is 19.0. The van der Waals surface area contributed by atoms with Gasteiger partial charge in [0.05, 0.1) is 18.0 Å². The van der Waals surface area contributed by atoms with E-state index in [4.69, 9.17) is 14.7 Å². The highest BCUT2D eigenvalue weighted by Gasteiger charge is 2.27. The summed E-state index contributed by atoms with van der Waals surface area (Å²) in [5.74, 6) is 0. The number of amides is 1. The Labute approximate surface area is 291 Å². The third-order valence-electron chi connectivity index (χ3n) is 10.5. The van der Waals surface area contributed by atoms with Crippen molar-refractivity contribution in [3.8, 4) is 0 Å². The van der Waals surface area contributed by atoms with Gasteiger partial charge in [-0.1, -0.05) is 70.8 Å². The number of hydrogen-bond acceptors (Lipinski definition) is 5. The normalized spacial score (nSPS) is 17.0. The van der Waals surface area contributed by atoms with Crippen molar-refractivity contribution < 1.29 is 9.53 Å². The average Bonchev–Trinajstić information content (AvgIpc) is 3.40. The molecule has 0 spiro atoms. The standard InChI is InChI=1S/C23H26N2O2.C20H22N2/c1-3-27-23(26)25-13-10-17(11-14-25)21-20-9-6-16(2)15-19(20)8-7-18-5-4-12-24-22(18)21;1-14-4-7-18-17(13-14)6-5-16-3-2-10-22-20(16)19(18)15-8-11-21-12-9-15/h4-6,9,12,15H,3,7-8,10-11,13-14H2,1-2H3;2-4,7,10,13,21H,5-6,8-9,11-12H2,1H3. The molecule has 252 valence electrons. The number of carbonyl (C=O) groups is 1. The summed E-state index contributed by atoms with van der Waals surface area (Å²) in [6.45, 7) is 10.2. The lowest BCUT2D eigenvalue weighted by atomic mass is 9.88. The van der Waals surface area contributed by atoms with Crippen LogP contribution in [0.15, 0.2) is 84.2 Å². The van der Waals surface area contributed by atoms with Crippen LogP contribution >= 0.6 is 0 Å². The molecule has 8 rings (SSSR count). The summed E-state index contributed by atoms with van der Waals surface area (Å²) in [6.07, 6.45) is 11.9. The van der Waals surface area contributed by atoms with Crippen LogP contribution in [-0.4, -0.2) is 53.7 Å². The van der Waals surface area contributed by atoms with Crippen molar-refractivity contribution in [2.24, 2.45) is 0 Å². The van der Waals surface area contributed by atoms with E-state index in [-0.39, 0.29) is 6.09 Å². The second-order valence-corrected chi connectivity index (χ2v) is 13.7. The molecular weight excluding hydrogens is 604 g/mol. The summed E-state index contributed by atoms with van der Waals surface area (Å²) in [6, 6.07) is 22.3. The van der Waals surface area contributed by atoms with E-state index in [0.29, 0.717) is 19.7 Å². The average molecular weight is 653 g/mol. The topological polar surface area (TPSA) is 67.3 Å². The number of likely N-dealkylation sites (tertiary alicyclic amines) is 1. The van der Waals surface area contributed by atoms with Crippen LogP contribution in [0.25, 0.3) is 11.1 Å². The number of hydrogen-bond donors (Lipinski definition) is 1. The lowest BCUT2D eigenvalue weighted by molar-refractivity contribution is 0.104. The van der Waals surface area contributed by atoms with Gasteiger partial charge in [0.1, 0.15) is 0 Å². The van der Waals surface area contributed by atoms with Gasteiger partial charge in [0.25, 0.3) is 0 Å². The van der Waals surface area contributed by atoms with Gasteiger partial charge in [-0.2, -0.15) is 0 Å². The molecule has 4 heterocycles. The highest BCUT2D eigenvalue weighted by molar-refractivity contribution is 5.85. The van der Waals surface area contributed by atoms with Crippen LogP contribution in [0, 0.1) is 13.8 Å². The van der Waals surface area contributed by atoms with Crippen LogP contribution in [0.5, 0.6) is 0 Å². The van der Waals surface area contributed by atoms with Crippen LogP contribution in [0.1, 0.15) is 88.5 Å². The number of ether oxygens (including phenoxy) is 1. The van der Waals surface area contributed by atoms with Crippen molar-refractivity contribution in [2.75, 3.05) is 32.8 Å². The van der Waals surface area contributed by atoms with Gasteiger partial charge < -0.3 is 15.0 Å². The van der Waals surface area contributed by atoms with Crippen LogP contribution in [0.2, 0.25) is 0 Å². The number of nitrogens with one attached hydrogen (secondary N) is 1. The molecule has 0 atom stereocenters. The van der Waals surface area contributed by atoms with E-state index in [1.807, 2.05) is 30.3 Å². The highest BCUT2D eigenvalue weighted by atomic mass is 16.6. The van der Waals surface area contributed by atoms with Gasteiger partial charge in [-0.25, -0.2) is 4.79 Å². The number of piperidine rings is 2. The van der Waals surface area contributed by atoms with Crippen molar-refractivity contribution >= 4 is 17.2 Å². The van der Waals surface area contributed by atoms with Crippen molar-refractivity contribution in [1.29, 1.82) is 0 Å². The predicted octanol–water partition coefficient (Wildman–Crippen LogP) is 8.22. The third kappa shape index (κ3) is 7.11. The van der Waals surface area contributed by atoms with E-state index < -0.39 is 0 Å². The molecule has 0 unspecified atom stereocenters. The van der Waals surface area contributed by atoms with Gasteiger partial charge in [-0.3, -0.25) is 9.97 Å². The zero-order valence-electron chi connectivity index (χ0n) is 29.3. The van der Waals surface area contributed by atoms with E-state index in [9.17, 15) is 4.79 Å². The largest absolute Gasteiger partial charge is 0.450 e. The van der Waals surface area contributed by atoms with E-state index in [0.717, 1.165) is 70.2 Å². The number of fused-ring (bicyclic) bond motifs is 4. The Kier molecular flexibility index (Phi) is 10.0. The molecule has 6 nitrogen and oxygen atoms in total. The minimum atomic E-state index is -0.197. The Balaban J connectivity index is 0.000000157. The van der Waals surface area contributed by atoms with Gasteiger partial charge in [-0.05, 0) is 131 Å². The van der Waals surface area contributed by atoms with Crippen LogP contribution < -0.4 is 5.32 Å². The first-order valence-corrected chi connectivity index (χ1v) is 18.1. The van der Waals surface area contributed by atoms with E-state index in [1.54, 1.807) is 5.57 Å². The van der Waals surface area contributed by atoms with Crippen molar-refractivity contribution in [3.05, 3.63) is 140 Å². The molecule has 2 aromatic carbocycles. The van der Waals surface area contributed by atoms with Crippen molar-refractivity contribution in [1.82, 2.24) is 20.2 Å². The number of aryl methyl sites for hydroxylation is 6. The fourth-order valence-corrected chi connectivity index (χ4v) is 7.99. The zero-order chi connectivity index (χ0) is 33.7. The van der Waals surface area contributed by atoms with Gasteiger partial charge in [0, 0.05) is 36.6 Å². The Morgan fingerprint density at radius 3 is 1.67 bits per heavy atom. The van der Waals surface area contributed by atoms with Crippen LogP contribution in [0.4, 0.5) is 4.79 Å². The first kappa shape index (κ1) is 33.0. The molecule has 4 aromatic rings. The Bertz CT molecular complexity index is 1900. The predicted molar refractivity (Wildman–Crippen MR) is 198 cm³/mol. The monoisotopic (exact) mass is 652 g/mol. The third-order valence-corrected chi connectivity index (χ3v) is 10.5. The maximum absolute atomic E-state index is 12.0. The van der Waals surface area contributed by atoms with Gasteiger partial charge >= 0.3 is 6.09 Å². The number of benzene rings is 2. The molecular formula is C43H48N4O2. The lowest BCUT2D eigenvalue weighted by Crippen LogP contribution is -2.37. The molecule has 2 aliphatic carbocycles. The maximum atomic E-state index is 12.0. The molecule has 2 saturated heterocycles. The lowest BCUT2D eigenvalue weighted by Gasteiger charge is -2.29. The van der Waals surface area contributed by atoms with Gasteiger partial charge in [0.2, 0.25) is 0 Å². The molecule has 0 bridgehead atoms. The summed E-state index contributed by atoms with van der Waals surface area (Å²) < 4.78 is 5.17.